The smallest absolute Gasteiger partial charge is 0.123 e. The normalized spacial score (nSPS) is 10.4. The van der Waals surface area contributed by atoms with Gasteiger partial charge in [0.15, 0.2) is 0 Å². The molecular formula is C11H11FN2. The second-order valence-corrected chi connectivity index (χ2v) is 3.31. The van der Waals surface area contributed by atoms with Crippen molar-refractivity contribution < 1.29 is 4.39 Å². The van der Waals surface area contributed by atoms with E-state index in [0.29, 0.717) is 6.54 Å². The van der Waals surface area contributed by atoms with Crippen molar-refractivity contribution in [2.24, 2.45) is 0 Å². The van der Waals surface area contributed by atoms with E-state index in [-0.39, 0.29) is 5.82 Å². The summed E-state index contributed by atoms with van der Waals surface area (Å²) >= 11 is 0. The van der Waals surface area contributed by atoms with Crippen molar-refractivity contribution in [3.8, 4) is 0 Å². The molecule has 3 heteroatoms. The van der Waals surface area contributed by atoms with E-state index in [0.717, 1.165) is 11.1 Å². The molecule has 2 nitrogen and oxygen atoms in total. The minimum Gasteiger partial charge on any atom is -0.333 e. The fourth-order valence-electron chi connectivity index (χ4n) is 1.39. The highest BCUT2D eigenvalue weighted by molar-refractivity contribution is 5.26. The Balaban J connectivity index is 2.28. The van der Waals surface area contributed by atoms with Gasteiger partial charge < -0.3 is 4.57 Å². The zero-order valence-corrected chi connectivity index (χ0v) is 7.94. The van der Waals surface area contributed by atoms with Crippen LogP contribution >= 0.6 is 0 Å². The van der Waals surface area contributed by atoms with Crippen LogP contribution in [0.2, 0.25) is 0 Å². The number of hydrogen-bond donors (Lipinski definition) is 0. The molecule has 0 atom stereocenters. The monoisotopic (exact) mass is 190 g/mol. The summed E-state index contributed by atoms with van der Waals surface area (Å²) in [6.45, 7) is 2.65. The fraction of sp³-hybridized carbons (Fsp3) is 0.182. The lowest BCUT2D eigenvalue weighted by Gasteiger charge is -2.06. The van der Waals surface area contributed by atoms with Gasteiger partial charge in [-0.25, -0.2) is 9.37 Å². The van der Waals surface area contributed by atoms with E-state index >= 15 is 0 Å². The van der Waals surface area contributed by atoms with Crippen LogP contribution in [-0.4, -0.2) is 9.55 Å². The minimum absolute atomic E-state index is 0.189. The van der Waals surface area contributed by atoms with Gasteiger partial charge in [0.05, 0.1) is 6.33 Å². The molecule has 2 rings (SSSR count). The van der Waals surface area contributed by atoms with E-state index in [9.17, 15) is 4.39 Å². The molecule has 0 bridgehead atoms. The maximum Gasteiger partial charge on any atom is 0.123 e. The third kappa shape index (κ3) is 1.82. The quantitative estimate of drug-likeness (QED) is 0.711. The maximum absolute atomic E-state index is 13.0. The molecule has 2 aromatic rings. The van der Waals surface area contributed by atoms with Gasteiger partial charge in [-0.2, -0.15) is 0 Å². The molecule has 72 valence electrons. The summed E-state index contributed by atoms with van der Waals surface area (Å²) in [6, 6.07) is 4.84. The van der Waals surface area contributed by atoms with Crippen LogP contribution in [0, 0.1) is 12.7 Å². The van der Waals surface area contributed by atoms with E-state index in [1.165, 1.54) is 6.07 Å². The standard InChI is InChI=1S/C11H11FN2/c1-9-2-3-11(12)6-10(9)7-14-5-4-13-8-14/h2-6,8H,7H2,1H3. The Morgan fingerprint density at radius 3 is 3.00 bits per heavy atom. The molecule has 0 N–H and O–H groups in total. The average molecular weight is 190 g/mol. The Labute approximate surface area is 82.0 Å². The summed E-state index contributed by atoms with van der Waals surface area (Å²) in [5.41, 5.74) is 2.09. The molecule has 1 aromatic heterocycles. The second-order valence-electron chi connectivity index (χ2n) is 3.31. The molecule has 0 fully saturated rings. The van der Waals surface area contributed by atoms with Crippen LogP contribution in [0.25, 0.3) is 0 Å². The number of rotatable bonds is 2. The van der Waals surface area contributed by atoms with Crippen molar-refractivity contribution >= 4 is 0 Å². The summed E-state index contributed by atoms with van der Waals surface area (Å²) in [5, 5.41) is 0. The molecule has 0 spiro atoms. The van der Waals surface area contributed by atoms with Gasteiger partial charge in [-0.15, -0.1) is 0 Å². The molecule has 0 saturated carbocycles. The zero-order valence-electron chi connectivity index (χ0n) is 7.94. The van der Waals surface area contributed by atoms with Crippen molar-refractivity contribution in [1.29, 1.82) is 0 Å². The first-order valence-electron chi connectivity index (χ1n) is 4.46. The van der Waals surface area contributed by atoms with E-state index in [4.69, 9.17) is 0 Å². The van der Waals surface area contributed by atoms with Crippen LogP contribution in [0.15, 0.2) is 36.9 Å². The number of nitrogens with zero attached hydrogens (tertiary/aromatic N) is 2. The summed E-state index contributed by atoms with van der Waals surface area (Å²) in [6.07, 6.45) is 5.31. The summed E-state index contributed by atoms with van der Waals surface area (Å²) in [4.78, 5) is 3.94. The van der Waals surface area contributed by atoms with Crippen molar-refractivity contribution in [2.75, 3.05) is 0 Å². The van der Waals surface area contributed by atoms with Crippen LogP contribution in [-0.2, 0) is 6.54 Å². The molecule has 0 aliphatic heterocycles. The summed E-state index contributed by atoms with van der Waals surface area (Å²) in [7, 11) is 0. The highest BCUT2D eigenvalue weighted by Gasteiger charge is 2.00. The van der Waals surface area contributed by atoms with Crippen LogP contribution in [0.3, 0.4) is 0 Å². The van der Waals surface area contributed by atoms with Gasteiger partial charge in [-0.3, -0.25) is 0 Å². The van der Waals surface area contributed by atoms with Crippen LogP contribution < -0.4 is 0 Å². The Morgan fingerprint density at radius 1 is 1.43 bits per heavy atom. The van der Waals surface area contributed by atoms with Gasteiger partial charge in [0.1, 0.15) is 5.82 Å². The van der Waals surface area contributed by atoms with E-state index < -0.39 is 0 Å². The van der Waals surface area contributed by atoms with Crippen LogP contribution in [0.1, 0.15) is 11.1 Å². The van der Waals surface area contributed by atoms with Gasteiger partial charge >= 0.3 is 0 Å². The molecule has 0 aliphatic carbocycles. The predicted molar refractivity (Wildman–Crippen MR) is 52.5 cm³/mol. The molecular weight excluding hydrogens is 179 g/mol. The number of hydrogen-bond acceptors (Lipinski definition) is 1. The van der Waals surface area contributed by atoms with Crippen molar-refractivity contribution in [3.63, 3.8) is 0 Å². The van der Waals surface area contributed by atoms with Crippen molar-refractivity contribution in [2.45, 2.75) is 13.5 Å². The number of aromatic nitrogens is 2. The summed E-state index contributed by atoms with van der Waals surface area (Å²) < 4.78 is 14.9. The van der Waals surface area contributed by atoms with E-state index in [2.05, 4.69) is 4.98 Å². The lowest BCUT2D eigenvalue weighted by Crippen LogP contribution is -1.99. The molecule has 0 radical (unpaired) electrons. The fourth-order valence-corrected chi connectivity index (χ4v) is 1.39. The van der Waals surface area contributed by atoms with Crippen LogP contribution in [0.5, 0.6) is 0 Å². The first kappa shape index (κ1) is 8.94. The van der Waals surface area contributed by atoms with Gasteiger partial charge in [0.2, 0.25) is 0 Å². The molecule has 14 heavy (non-hydrogen) atoms. The Hall–Kier alpha value is -1.64. The highest BCUT2D eigenvalue weighted by Crippen LogP contribution is 2.11. The first-order chi connectivity index (χ1) is 6.75. The van der Waals surface area contributed by atoms with Crippen LogP contribution in [0.4, 0.5) is 4.39 Å². The van der Waals surface area contributed by atoms with Crippen molar-refractivity contribution in [1.82, 2.24) is 9.55 Å². The lowest BCUT2D eigenvalue weighted by atomic mass is 10.1. The Morgan fingerprint density at radius 2 is 2.29 bits per heavy atom. The molecule has 1 heterocycles. The zero-order chi connectivity index (χ0) is 9.97. The topological polar surface area (TPSA) is 17.8 Å². The van der Waals surface area contributed by atoms with E-state index in [1.807, 2.05) is 17.7 Å². The largest absolute Gasteiger partial charge is 0.333 e. The number of halogens is 1. The third-order valence-corrected chi connectivity index (χ3v) is 2.22. The highest BCUT2D eigenvalue weighted by atomic mass is 19.1. The Kier molecular flexibility index (Phi) is 2.31. The summed E-state index contributed by atoms with van der Waals surface area (Å²) in [5.74, 6) is -0.189. The number of imidazole rings is 1. The average Bonchev–Trinajstić information content (AvgIpc) is 2.64. The van der Waals surface area contributed by atoms with E-state index in [1.54, 1.807) is 24.7 Å². The Bertz CT molecular complexity index is 421. The molecule has 0 saturated heterocycles. The van der Waals surface area contributed by atoms with Gasteiger partial charge in [0, 0.05) is 18.9 Å². The minimum atomic E-state index is -0.189. The maximum atomic E-state index is 13.0. The molecule has 0 aliphatic rings. The van der Waals surface area contributed by atoms with Gasteiger partial charge in [-0.05, 0) is 30.2 Å². The molecule has 0 unspecified atom stereocenters. The molecule has 0 amide bonds. The number of benzene rings is 1. The SMILES string of the molecule is Cc1ccc(F)cc1Cn1ccnc1. The van der Waals surface area contributed by atoms with Gasteiger partial charge in [-0.1, -0.05) is 6.07 Å². The molecule has 1 aromatic carbocycles. The third-order valence-electron chi connectivity index (χ3n) is 2.22. The predicted octanol–water partition coefficient (Wildman–Crippen LogP) is 2.38. The van der Waals surface area contributed by atoms with Gasteiger partial charge in [0.25, 0.3) is 0 Å². The first-order valence-corrected chi connectivity index (χ1v) is 4.46. The lowest BCUT2D eigenvalue weighted by molar-refractivity contribution is 0.622. The van der Waals surface area contributed by atoms with Crippen molar-refractivity contribution in [3.05, 3.63) is 53.9 Å². The second kappa shape index (κ2) is 3.62. The number of aryl methyl sites for hydroxylation is 1.